The molecule has 1 nitrogen and oxygen atoms in total. The Morgan fingerprint density at radius 2 is 2.14 bits per heavy atom. The number of halogens is 1. The Kier molecular flexibility index (Phi) is 4.27. The summed E-state index contributed by atoms with van der Waals surface area (Å²) in [6.45, 7) is 7.47. The Morgan fingerprint density at radius 1 is 1.43 bits per heavy atom. The van der Waals surface area contributed by atoms with E-state index in [1.165, 1.54) is 6.42 Å². The molecule has 1 atom stereocenters. The Balaban J connectivity index is 2.55. The van der Waals surface area contributed by atoms with Gasteiger partial charge in [-0.2, -0.15) is 0 Å². The van der Waals surface area contributed by atoms with Crippen molar-refractivity contribution in [2.75, 3.05) is 11.9 Å². The fourth-order valence-electron chi connectivity index (χ4n) is 1.14. The lowest BCUT2D eigenvalue weighted by Gasteiger charge is -2.11. The fourth-order valence-corrected chi connectivity index (χ4v) is 1.32. The van der Waals surface area contributed by atoms with Crippen molar-refractivity contribution in [1.82, 2.24) is 0 Å². The molecule has 78 valence electrons. The molecule has 2 heteroatoms. The van der Waals surface area contributed by atoms with Crippen molar-refractivity contribution < 1.29 is 0 Å². The minimum Gasteiger partial charge on any atom is -0.385 e. The van der Waals surface area contributed by atoms with Crippen molar-refractivity contribution in [3.05, 3.63) is 28.8 Å². The third-order valence-corrected chi connectivity index (χ3v) is 2.93. The lowest BCUT2D eigenvalue weighted by Crippen LogP contribution is -2.10. The quantitative estimate of drug-likeness (QED) is 0.791. The van der Waals surface area contributed by atoms with Crippen LogP contribution in [0.5, 0.6) is 0 Å². The van der Waals surface area contributed by atoms with E-state index in [1.54, 1.807) is 0 Å². The first-order valence-corrected chi connectivity index (χ1v) is 5.51. The summed E-state index contributed by atoms with van der Waals surface area (Å²) in [5.41, 5.74) is 2.24. The smallest absolute Gasteiger partial charge is 0.0455 e. The molecule has 0 saturated heterocycles. The summed E-state index contributed by atoms with van der Waals surface area (Å²) in [4.78, 5) is 0. The van der Waals surface area contributed by atoms with Gasteiger partial charge in [0.15, 0.2) is 0 Å². The molecule has 0 aromatic heterocycles. The molecule has 0 saturated carbocycles. The van der Waals surface area contributed by atoms with Crippen LogP contribution < -0.4 is 5.32 Å². The first kappa shape index (κ1) is 11.4. The summed E-state index contributed by atoms with van der Waals surface area (Å²) in [7, 11) is 0. The maximum absolute atomic E-state index is 6.02. The van der Waals surface area contributed by atoms with Gasteiger partial charge >= 0.3 is 0 Å². The lowest BCUT2D eigenvalue weighted by atomic mass is 10.1. The topological polar surface area (TPSA) is 12.0 Å². The first-order valence-electron chi connectivity index (χ1n) is 5.13. The summed E-state index contributed by atoms with van der Waals surface area (Å²) < 4.78 is 0. The van der Waals surface area contributed by atoms with Crippen LogP contribution in [0.3, 0.4) is 0 Å². The number of benzene rings is 1. The molecule has 0 spiro atoms. The van der Waals surface area contributed by atoms with Crippen molar-refractivity contribution in [3.8, 4) is 0 Å². The molecule has 0 aliphatic heterocycles. The van der Waals surface area contributed by atoms with Gasteiger partial charge in [0.25, 0.3) is 0 Å². The predicted octanol–water partition coefficient (Wildman–Crippen LogP) is 4.11. The van der Waals surface area contributed by atoms with Crippen LogP contribution in [-0.2, 0) is 0 Å². The number of hydrogen-bond acceptors (Lipinski definition) is 1. The number of aryl methyl sites for hydroxylation is 1. The van der Waals surface area contributed by atoms with Gasteiger partial charge in [-0.25, -0.2) is 0 Å². The van der Waals surface area contributed by atoms with Crippen LogP contribution >= 0.6 is 11.6 Å². The van der Waals surface area contributed by atoms with Crippen LogP contribution in [0.25, 0.3) is 0 Å². The summed E-state index contributed by atoms with van der Waals surface area (Å²) in [5, 5.41) is 4.21. The van der Waals surface area contributed by atoms with E-state index < -0.39 is 0 Å². The molecule has 0 fully saturated rings. The zero-order valence-corrected chi connectivity index (χ0v) is 9.86. The van der Waals surface area contributed by atoms with E-state index in [9.17, 15) is 0 Å². The molecule has 0 heterocycles. The molecule has 1 aromatic rings. The average molecular weight is 212 g/mol. The molecule has 1 N–H and O–H groups in total. The monoisotopic (exact) mass is 211 g/mol. The Morgan fingerprint density at radius 3 is 2.71 bits per heavy atom. The normalized spacial score (nSPS) is 12.6. The van der Waals surface area contributed by atoms with Crippen LogP contribution in [-0.4, -0.2) is 6.54 Å². The molecule has 1 unspecified atom stereocenters. The summed E-state index contributed by atoms with van der Waals surface area (Å²) in [6.07, 6.45) is 1.20. The molecule has 0 radical (unpaired) electrons. The van der Waals surface area contributed by atoms with E-state index >= 15 is 0 Å². The predicted molar refractivity (Wildman–Crippen MR) is 64.1 cm³/mol. The third-order valence-electron chi connectivity index (χ3n) is 2.52. The number of hydrogen-bond donors (Lipinski definition) is 1. The molecule has 0 amide bonds. The van der Waals surface area contributed by atoms with Gasteiger partial charge in [0.2, 0.25) is 0 Å². The Labute approximate surface area is 91.5 Å². The highest BCUT2D eigenvalue weighted by Gasteiger charge is 2.00. The van der Waals surface area contributed by atoms with E-state index in [4.69, 9.17) is 11.6 Å². The summed E-state index contributed by atoms with van der Waals surface area (Å²) >= 11 is 6.02. The van der Waals surface area contributed by atoms with Crippen molar-refractivity contribution in [3.63, 3.8) is 0 Å². The Hall–Kier alpha value is -0.690. The van der Waals surface area contributed by atoms with Crippen molar-refractivity contribution >= 4 is 17.3 Å². The second-order valence-electron chi connectivity index (χ2n) is 3.86. The molecule has 0 aliphatic carbocycles. The second kappa shape index (κ2) is 5.26. The van der Waals surface area contributed by atoms with Gasteiger partial charge in [0.1, 0.15) is 0 Å². The molecule has 1 aromatic carbocycles. The molecular formula is C12H18ClN. The summed E-state index contributed by atoms with van der Waals surface area (Å²) in [6, 6.07) is 6.10. The van der Waals surface area contributed by atoms with Gasteiger partial charge in [0, 0.05) is 17.3 Å². The van der Waals surface area contributed by atoms with Gasteiger partial charge in [-0.15, -0.1) is 0 Å². The Bertz CT molecular complexity index is 296. The molecule has 0 bridgehead atoms. The van der Waals surface area contributed by atoms with E-state index in [-0.39, 0.29) is 0 Å². The molecule has 14 heavy (non-hydrogen) atoms. The minimum atomic E-state index is 0.704. The highest BCUT2D eigenvalue weighted by atomic mass is 35.5. The van der Waals surface area contributed by atoms with Crippen LogP contribution in [0.4, 0.5) is 5.69 Å². The van der Waals surface area contributed by atoms with E-state index in [0.717, 1.165) is 22.8 Å². The minimum absolute atomic E-state index is 0.704. The van der Waals surface area contributed by atoms with Crippen LogP contribution in [0, 0.1) is 12.8 Å². The van der Waals surface area contributed by atoms with Crippen molar-refractivity contribution in [2.45, 2.75) is 27.2 Å². The maximum atomic E-state index is 6.02. The summed E-state index contributed by atoms with van der Waals surface area (Å²) in [5.74, 6) is 0.704. The highest BCUT2D eigenvalue weighted by molar-refractivity contribution is 6.31. The maximum Gasteiger partial charge on any atom is 0.0455 e. The lowest BCUT2D eigenvalue weighted by molar-refractivity contribution is 0.593. The number of nitrogens with one attached hydrogen (secondary N) is 1. The molecule has 1 rings (SSSR count). The van der Waals surface area contributed by atoms with Gasteiger partial charge in [-0.1, -0.05) is 37.9 Å². The van der Waals surface area contributed by atoms with Gasteiger partial charge in [-0.3, -0.25) is 0 Å². The zero-order chi connectivity index (χ0) is 10.6. The standard InChI is InChI=1S/C12H18ClN/c1-4-9(2)8-14-11-6-5-10(3)12(13)7-11/h5-7,9,14H,4,8H2,1-3H3. The fraction of sp³-hybridized carbons (Fsp3) is 0.500. The van der Waals surface area contributed by atoms with Gasteiger partial charge in [0.05, 0.1) is 0 Å². The van der Waals surface area contributed by atoms with Crippen molar-refractivity contribution in [2.24, 2.45) is 5.92 Å². The van der Waals surface area contributed by atoms with E-state index in [0.29, 0.717) is 5.92 Å². The average Bonchev–Trinajstić information content (AvgIpc) is 2.19. The number of rotatable bonds is 4. The second-order valence-corrected chi connectivity index (χ2v) is 4.27. The SMILES string of the molecule is CCC(C)CNc1ccc(C)c(Cl)c1. The van der Waals surface area contributed by atoms with Crippen LogP contribution in [0.2, 0.25) is 5.02 Å². The highest BCUT2D eigenvalue weighted by Crippen LogP contribution is 2.20. The first-order chi connectivity index (χ1) is 6.63. The zero-order valence-electron chi connectivity index (χ0n) is 9.10. The van der Waals surface area contributed by atoms with Crippen LogP contribution in [0.1, 0.15) is 25.8 Å². The van der Waals surface area contributed by atoms with Crippen LogP contribution in [0.15, 0.2) is 18.2 Å². The molecular weight excluding hydrogens is 194 g/mol. The van der Waals surface area contributed by atoms with Gasteiger partial charge in [-0.05, 0) is 30.5 Å². The molecule has 0 aliphatic rings. The number of anilines is 1. The van der Waals surface area contributed by atoms with Gasteiger partial charge < -0.3 is 5.32 Å². The van der Waals surface area contributed by atoms with E-state index in [2.05, 4.69) is 25.2 Å². The third kappa shape index (κ3) is 3.22. The van der Waals surface area contributed by atoms with E-state index in [1.807, 2.05) is 19.1 Å². The van der Waals surface area contributed by atoms with Crippen molar-refractivity contribution in [1.29, 1.82) is 0 Å². The largest absolute Gasteiger partial charge is 0.385 e.